The van der Waals surface area contributed by atoms with Gasteiger partial charge in [-0.05, 0) is 30.9 Å². The molecule has 1 aromatic carbocycles. The number of hydrogen-bond donors (Lipinski definition) is 2. The molecule has 22 heavy (non-hydrogen) atoms. The molecule has 1 aliphatic carbocycles. The Bertz CT molecular complexity index is 573. The van der Waals surface area contributed by atoms with Crippen LogP contribution >= 0.6 is 11.6 Å². The molecule has 0 spiro atoms. The van der Waals surface area contributed by atoms with Gasteiger partial charge in [0.15, 0.2) is 0 Å². The van der Waals surface area contributed by atoms with Gasteiger partial charge < -0.3 is 10.4 Å². The standard InChI is InChI=1S/C16H19ClFNO3/c1-10-4-3-7-16(9-10,15(21)22)19-14(20)8-11-12(17)5-2-6-13(11)18/h2,5-6,10H,3-4,7-9H2,1H3,(H,19,20)(H,21,22). The Hall–Kier alpha value is -1.62. The molecule has 1 aromatic rings. The fourth-order valence-corrected chi connectivity index (χ4v) is 3.32. The number of rotatable bonds is 4. The summed E-state index contributed by atoms with van der Waals surface area (Å²) in [7, 11) is 0. The number of carbonyl (C=O) groups excluding carboxylic acids is 1. The fourth-order valence-electron chi connectivity index (χ4n) is 3.09. The summed E-state index contributed by atoms with van der Waals surface area (Å²) in [5.74, 6) is -1.90. The zero-order chi connectivity index (χ0) is 16.3. The third kappa shape index (κ3) is 3.58. The van der Waals surface area contributed by atoms with E-state index in [1.165, 1.54) is 18.2 Å². The third-order valence-corrected chi connectivity index (χ3v) is 4.54. The summed E-state index contributed by atoms with van der Waals surface area (Å²) in [6, 6.07) is 4.19. The first kappa shape index (κ1) is 16.7. The van der Waals surface area contributed by atoms with E-state index in [1.54, 1.807) is 0 Å². The summed E-state index contributed by atoms with van der Waals surface area (Å²) in [5.41, 5.74) is -1.17. The molecule has 0 saturated heterocycles. The first-order valence-electron chi connectivity index (χ1n) is 7.31. The van der Waals surface area contributed by atoms with Gasteiger partial charge in [-0.2, -0.15) is 0 Å². The minimum absolute atomic E-state index is 0.0889. The van der Waals surface area contributed by atoms with Crippen LogP contribution in [0.15, 0.2) is 18.2 Å². The van der Waals surface area contributed by atoms with Crippen molar-refractivity contribution in [2.24, 2.45) is 5.92 Å². The first-order chi connectivity index (χ1) is 10.3. The van der Waals surface area contributed by atoms with Crippen LogP contribution in [0.5, 0.6) is 0 Å². The Morgan fingerprint density at radius 2 is 2.23 bits per heavy atom. The van der Waals surface area contributed by atoms with E-state index in [2.05, 4.69) is 5.32 Å². The molecule has 1 fully saturated rings. The van der Waals surface area contributed by atoms with E-state index in [1.807, 2.05) is 6.92 Å². The second-order valence-electron chi connectivity index (χ2n) is 6.01. The van der Waals surface area contributed by atoms with E-state index in [4.69, 9.17) is 11.6 Å². The number of aliphatic carboxylic acids is 1. The highest BCUT2D eigenvalue weighted by Gasteiger charge is 2.43. The van der Waals surface area contributed by atoms with Crippen LogP contribution in [0.2, 0.25) is 5.02 Å². The topological polar surface area (TPSA) is 66.4 Å². The number of hydrogen-bond acceptors (Lipinski definition) is 2. The van der Waals surface area contributed by atoms with Crippen LogP contribution in [0, 0.1) is 11.7 Å². The quantitative estimate of drug-likeness (QED) is 0.892. The monoisotopic (exact) mass is 327 g/mol. The molecule has 1 aliphatic rings. The number of carbonyl (C=O) groups is 2. The summed E-state index contributed by atoms with van der Waals surface area (Å²) in [6.07, 6.45) is 2.20. The molecule has 0 aromatic heterocycles. The zero-order valence-corrected chi connectivity index (χ0v) is 13.1. The maximum Gasteiger partial charge on any atom is 0.329 e. The summed E-state index contributed by atoms with van der Waals surface area (Å²) in [6.45, 7) is 1.97. The molecule has 1 saturated carbocycles. The predicted molar refractivity (Wildman–Crippen MR) is 81.3 cm³/mol. The number of amides is 1. The molecule has 0 radical (unpaired) electrons. The number of nitrogens with one attached hydrogen (secondary N) is 1. The molecule has 2 N–H and O–H groups in total. The van der Waals surface area contributed by atoms with Crippen molar-refractivity contribution >= 4 is 23.5 Å². The molecule has 0 bridgehead atoms. The Labute approximate surface area is 133 Å². The van der Waals surface area contributed by atoms with Gasteiger partial charge in [0.25, 0.3) is 0 Å². The molecule has 0 aliphatic heterocycles. The van der Waals surface area contributed by atoms with Crippen molar-refractivity contribution in [1.29, 1.82) is 0 Å². The molecule has 120 valence electrons. The van der Waals surface area contributed by atoms with Gasteiger partial charge >= 0.3 is 5.97 Å². The maximum absolute atomic E-state index is 13.7. The van der Waals surface area contributed by atoms with E-state index in [9.17, 15) is 19.1 Å². The number of carboxylic acids is 1. The third-order valence-electron chi connectivity index (χ3n) is 4.18. The van der Waals surface area contributed by atoms with Gasteiger partial charge in [0.05, 0.1) is 6.42 Å². The summed E-state index contributed by atoms with van der Waals surface area (Å²) < 4.78 is 13.7. The van der Waals surface area contributed by atoms with E-state index >= 15 is 0 Å². The molecule has 2 unspecified atom stereocenters. The number of benzene rings is 1. The Morgan fingerprint density at radius 1 is 1.50 bits per heavy atom. The Balaban J connectivity index is 2.14. The van der Waals surface area contributed by atoms with Gasteiger partial charge in [-0.15, -0.1) is 0 Å². The van der Waals surface area contributed by atoms with Crippen LogP contribution in [-0.4, -0.2) is 22.5 Å². The lowest BCUT2D eigenvalue weighted by atomic mass is 9.76. The molecule has 2 rings (SSSR count). The second kappa shape index (κ2) is 6.65. The van der Waals surface area contributed by atoms with E-state index in [0.717, 1.165) is 12.8 Å². The van der Waals surface area contributed by atoms with Crippen LogP contribution in [0.1, 0.15) is 38.2 Å². The molecule has 2 atom stereocenters. The average molecular weight is 328 g/mol. The largest absolute Gasteiger partial charge is 0.480 e. The molecular formula is C16H19ClFNO3. The molecule has 6 heteroatoms. The summed E-state index contributed by atoms with van der Waals surface area (Å²) >= 11 is 5.90. The lowest BCUT2D eigenvalue weighted by molar-refractivity contribution is -0.150. The van der Waals surface area contributed by atoms with Crippen LogP contribution in [0.4, 0.5) is 4.39 Å². The summed E-state index contributed by atoms with van der Waals surface area (Å²) in [5, 5.41) is 12.3. The molecule has 0 heterocycles. The van der Waals surface area contributed by atoms with Gasteiger partial charge in [0.1, 0.15) is 11.4 Å². The first-order valence-corrected chi connectivity index (χ1v) is 7.69. The Kier molecular flexibility index (Phi) is 5.06. The second-order valence-corrected chi connectivity index (χ2v) is 6.42. The van der Waals surface area contributed by atoms with Gasteiger partial charge in [0, 0.05) is 10.6 Å². The predicted octanol–water partition coefficient (Wildman–Crippen LogP) is 3.17. The highest BCUT2D eigenvalue weighted by Crippen LogP contribution is 2.32. The van der Waals surface area contributed by atoms with Crippen LogP contribution < -0.4 is 5.32 Å². The van der Waals surface area contributed by atoms with Gasteiger partial charge in [-0.25, -0.2) is 9.18 Å². The Morgan fingerprint density at radius 3 is 2.82 bits per heavy atom. The maximum atomic E-state index is 13.7. The van der Waals surface area contributed by atoms with Gasteiger partial charge in [-0.1, -0.05) is 37.4 Å². The summed E-state index contributed by atoms with van der Waals surface area (Å²) in [4.78, 5) is 23.8. The molecule has 4 nitrogen and oxygen atoms in total. The van der Waals surface area contributed by atoms with Crippen molar-refractivity contribution in [2.75, 3.05) is 0 Å². The molecular weight excluding hydrogens is 309 g/mol. The van der Waals surface area contributed by atoms with Crippen molar-refractivity contribution < 1.29 is 19.1 Å². The lowest BCUT2D eigenvalue weighted by Crippen LogP contribution is -2.57. The minimum Gasteiger partial charge on any atom is -0.480 e. The normalized spacial score (nSPS) is 24.8. The minimum atomic E-state index is -1.26. The fraction of sp³-hybridized carbons (Fsp3) is 0.500. The lowest BCUT2D eigenvalue weighted by Gasteiger charge is -2.37. The van der Waals surface area contributed by atoms with Gasteiger partial charge in [0.2, 0.25) is 5.91 Å². The van der Waals surface area contributed by atoms with E-state index in [0.29, 0.717) is 12.8 Å². The van der Waals surface area contributed by atoms with Crippen molar-refractivity contribution in [1.82, 2.24) is 5.32 Å². The van der Waals surface area contributed by atoms with Crippen molar-refractivity contribution in [3.05, 3.63) is 34.6 Å². The smallest absolute Gasteiger partial charge is 0.329 e. The number of halogens is 2. The highest BCUT2D eigenvalue weighted by atomic mass is 35.5. The SMILES string of the molecule is CC1CCCC(NC(=O)Cc2c(F)cccc2Cl)(C(=O)O)C1. The van der Waals surface area contributed by atoms with Crippen LogP contribution in [0.3, 0.4) is 0 Å². The van der Waals surface area contributed by atoms with Gasteiger partial charge in [-0.3, -0.25) is 4.79 Å². The average Bonchev–Trinajstić information content (AvgIpc) is 2.43. The van der Waals surface area contributed by atoms with E-state index < -0.39 is 23.2 Å². The zero-order valence-electron chi connectivity index (χ0n) is 12.4. The molecule has 1 amide bonds. The van der Waals surface area contributed by atoms with Crippen molar-refractivity contribution in [3.8, 4) is 0 Å². The highest BCUT2D eigenvalue weighted by molar-refractivity contribution is 6.31. The van der Waals surface area contributed by atoms with Crippen LogP contribution in [0.25, 0.3) is 0 Å². The van der Waals surface area contributed by atoms with Crippen LogP contribution in [-0.2, 0) is 16.0 Å². The number of carboxylic acid groups (broad SMARTS) is 1. The van der Waals surface area contributed by atoms with Crippen molar-refractivity contribution in [2.45, 2.75) is 44.6 Å². The van der Waals surface area contributed by atoms with Crippen molar-refractivity contribution in [3.63, 3.8) is 0 Å². The van der Waals surface area contributed by atoms with E-state index in [-0.39, 0.29) is 22.9 Å².